The summed E-state index contributed by atoms with van der Waals surface area (Å²) in [4.78, 5) is 24.9. The van der Waals surface area contributed by atoms with Gasteiger partial charge >= 0.3 is 6.09 Å². The molecule has 18 heavy (non-hydrogen) atoms. The van der Waals surface area contributed by atoms with Crippen LogP contribution < -0.4 is 0 Å². The predicted molar refractivity (Wildman–Crippen MR) is 66.9 cm³/mol. The van der Waals surface area contributed by atoms with Crippen molar-refractivity contribution in [3.8, 4) is 0 Å². The van der Waals surface area contributed by atoms with E-state index in [1.54, 1.807) is 26.8 Å². The number of hydrogen-bond acceptors (Lipinski definition) is 4. The molecule has 0 unspecified atom stereocenters. The third-order valence-electron chi connectivity index (χ3n) is 1.79. The third kappa shape index (κ3) is 4.73. The molecule has 1 rings (SSSR count). The van der Waals surface area contributed by atoms with Gasteiger partial charge in [0.2, 0.25) is 0 Å². The molecule has 0 atom stereocenters. The number of hydrogen-bond donors (Lipinski definition) is 0. The fourth-order valence-electron chi connectivity index (χ4n) is 1.13. The molecule has 0 aliphatic heterocycles. The molecular weight excluding hydrogens is 236 g/mol. The Morgan fingerprint density at radius 3 is 2.67 bits per heavy atom. The van der Waals surface area contributed by atoms with Gasteiger partial charge in [-0.05, 0) is 26.3 Å². The number of aliphatic imine (C=N–C) groups is 1. The summed E-state index contributed by atoms with van der Waals surface area (Å²) in [5.41, 5.74) is -0.199. The number of nitrogens with zero attached hydrogens (tertiary/aromatic N) is 2. The number of amides is 1. The Kier molecular flexibility index (Phi) is 4.14. The number of nitro groups is 1. The lowest BCUT2D eigenvalue weighted by atomic mass is 10.2. The number of carbonyl (C=O) groups is 1. The molecule has 0 radical (unpaired) electrons. The van der Waals surface area contributed by atoms with E-state index in [9.17, 15) is 14.9 Å². The Morgan fingerprint density at radius 2 is 2.11 bits per heavy atom. The van der Waals surface area contributed by atoms with Gasteiger partial charge in [0, 0.05) is 18.3 Å². The molecule has 96 valence electrons. The monoisotopic (exact) mass is 250 g/mol. The zero-order valence-corrected chi connectivity index (χ0v) is 10.4. The second-order valence-electron chi connectivity index (χ2n) is 4.59. The molecule has 6 heteroatoms. The van der Waals surface area contributed by atoms with Crippen LogP contribution in [0.3, 0.4) is 0 Å². The van der Waals surface area contributed by atoms with E-state index in [0.717, 1.165) is 0 Å². The first-order chi connectivity index (χ1) is 8.28. The summed E-state index contributed by atoms with van der Waals surface area (Å²) in [7, 11) is 0. The SMILES string of the molecule is CC(C)(C)OC(=O)N=Cc1cccc([N+](=O)[O-])c1. The van der Waals surface area contributed by atoms with E-state index in [1.165, 1.54) is 24.4 Å². The molecule has 0 fully saturated rings. The minimum atomic E-state index is -0.728. The van der Waals surface area contributed by atoms with Crippen molar-refractivity contribution in [2.45, 2.75) is 26.4 Å². The van der Waals surface area contributed by atoms with Gasteiger partial charge in [-0.15, -0.1) is 0 Å². The van der Waals surface area contributed by atoms with E-state index in [-0.39, 0.29) is 5.69 Å². The first-order valence-electron chi connectivity index (χ1n) is 5.29. The molecule has 0 saturated heterocycles. The standard InChI is InChI=1S/C12H14N2O4/c1-12(2,3)18-11(15)13-8-9-5-4-6-10(7-9)14(16)17/h4-8H,1-3H3. The van der Waals surface area contributed by atoms with E-state index in [2.05, 4.69) is 4.99 Å². The number of carbonyl (C=O) groups excluding carboxylic acids is 1. The molecule has 0 aliphatic rings. The van der Waals surface area contributed by atoms with Gasteiger partial charge in [0.25, 0.3) is 5.69 Å². The average Bonchev–Trinajstić information content (AvgIpc) is 2.24. The second kappa shape index (κ2) is 5.39. The minimum absolute atomic E-state index is 0.0526. The molecule has 0 aliphatic carbocycles. The summed E-state index contributed by atoms with van der Waals surface area (Å²) in [6.07, 6.45) is 0.509. The highest BCUT2D eigenvalue weighted by Crippen LogP contribution is 2.12. The molecule has 0 aromatic heterocycles. The van der Waals surface area contributed by atoms with E-state index in [1.807, 2.05) is 0 Å². The van der Waals surface area contributed by atoms with Gasteiger partial charge in [0.1, 0.15) is 5.60 Å². The van der Waals surface area contributed by atoms with Crippen LogP contribution >= 0.6 is 0 Å². The summed E-state index contributed by atoms with van der Waals surface area (Å²) in [6.45, 7) is 5.19. The van der Waals surface area contributed by atoms with Gasteiger partial charge in [0.05, 0.1) is 4.92 Å². The highest BCUT2D eigenvalue weighted by atomic mass is 16.6. The summed E-state index contributed by atoms with van der Waals surface area (Å²) in [5.74, 6) is 0. The van der Waals surface area contributed by atoms with Crippen molar-refractivity contribution in [2.24, 2.45) is 4.99 Å². The van der Waals surface area contributed by atoms with Crippen LogP contribution in [0.1, 0.15) is 26.3 Å². The Bertz CT molecular complexity index is 489. The number of rotatable bonds is 2. The Morgan fingerprint density at radius 1 is 1.44 bits per heavy atom. The van der Waals surface area contributed by atoms with Crippen molar-refractivity contribution in [3.05, 3.63) is 39.9 Å². The number of ether oxygens (including phenoxy) is 1. The van der Waals surface area contributed by atoms with Gasteiger partial charge < -0.3 is 4.74 Å². The summed E-state index contributed by atoms with van der Waals surface area (Å²) < 4.78 is 4.97. The van der Waals surface area contributed by atoms with Crippen molar-refractivity contribution in [2.75, 3.05) is 0 Å². The zero-order chi connectivity index (χ0) is 13.8. The lowest BCUT2D eigenvalue weighted by molar-refractivity contribution is -0.384. The van der Waals surface area contributed by atoms with Gasteiger partial charge in [-0.2, -0.15) is 4.99 Å². The molecule has 1 aromatic rings. The molecular formula is C12H14N2O4. The van der Waals surface area contributed by atoms with Gasteiger partial charge in [-0.25, -0.2) is 4.79 Å². The third-order valence-corrected chi connectivity index (χ3v) is 1.79. The molecule has 6 nitrogen and oxygen atoms in total. The van der Waals surface area contributed by atoms with Gasteiger partial charge in [-0.3, -0.25) is 10.1 Å². The molecule has 1 aromatic carbocycles. The first kappa shape index (κ1) is 13.8. The number of nitro benzene ring substituents is 1. The van der Waals surface area contributed by atoms with Crippen molar-refractivity contribution in [1.82, 2.24) is 0 Å². The summed E-state index contributed by atoms with van der Waals surface area (Å²) in [5, 5.41) is 10.5. The van der Waals surface area contributed by atoms with Crippen molar-refractivity contribution < 1.29 is 14.5 Å². The highest BCUT2D eigenvalue weighted by molar-refractivity contribution is 5.89. The Labute approximate surface area is 104 Å². The molecule has 1 amide bonds. The highest BCUT2D eigenvalue weighted by Gasteiger charge is 2.14. The number of benzene rings is 1. The van der Waals surface area contributed by atoms with Crippen LogP contribution in [-0.2, 0) is 4.74 Å². The topological polar surface area (TPSA) is 81.8 Å². The maximum absolute atomic E-state index is 11.3. The fourth-order valence-corrected chi connectivity index (χ4v) is 1.13. The van der Waals surface area contributed by atoms with E-state index in [0.29, 0.717) is 5.56 Å². The maximum Gasteiger partial charge on any atom is 0.434 e. The van der Waals surface area contributed by atoms with Crippen LogP contribution in [0.15, 0.2) is 29.3 Å². The van der Waals surface area contributed by atoms with Crippen LogP contribution in [-0.4, -0.2) is 22.8 Å². The zero-order valence-electron chi connectivity index (χ0n) is 10.4. The van der Waals surface area contributed by atoms with Crippen LogP contribution in [0.25, 0.3) is 0 Å². The lowest BCUT2D eigenvalue weighted by Crippen LogP contribution is -2.21. The maximum atomic E-state index is 11.3. The van der Waals surface area contributed by atoms with Gasteiger partial charge in [0.15, 0.2) is 0 Å². The smallest absolute Gasteiger partial charge is 0.434 e. The van der Waals surface area contributed by atoms with E-state index in [4.69, 9.17) is 4.74 Å². The van der Waals surface area contributed by atoms with Crippen LogP contribution in [0, 0.1) is 10.1 Å². The normalized spacial score (nSPS) is 11.5. The molecule has 0 bridgehead atoms. The molecule has 0 saturated carbocycles. The lowest BCUT2D eigenvalue weighted by Gasteiger charge is -2.16. The van der Waals surface area contributed by atoms with Crippen molar-refractivity contribution >= 4 is 18.0 Å². The summed E-state index contributed by atoms with van der Waals surface area (Å²) >= 11 is 0. The van der Waals surface area contributed by atoms with Crippen LogP contribution in [0.5, 0.6) is 0 Å². The van der Waals surface area contributed by atoms with Gasteiger partial charge in [-0.1, -0.05) is 12.1 Å². The first-order valence-corrected chi connectivity index (χ1v) is 5.29. The van der Waals surface area contributed by atoms with Crippen LogP contribution in [0.4, 0.5) is 10.5 Å². The predicted octanol–water partition coefficient (Wildman–Crippen LogP) is 2.95. The summed E-state index contributed by atoms with van der Waals surface area (Å²) in [6, 6.07) is 5.83. The number of non-ortho nitro benzene ring substituents is 1. The van der Waals surface area contributed by atoms with E-state index >= 15 is 0 Å². The van der Waals surface area contributed by atoms with Crippen molar-refractivity contribution in [1.29, 1.82) is 0 Å². The Hall–Kier alpha value is -2.24. The molecule has 0 spiro atoms. The average molecular weight is 250 g/mol. The largest absolute Gasteiger partial charge is 0.442 e. The molecule has 0 heterocycles. The second-order valence-corrected chi connectivity index (χ2v) is 4.59. The minimum Gasteiger partial charge on any atom is -0.442 e. The van der Waals surface area contributed by atoms with Crippen molar-refractivity contribution in [3.63, 3.8) is 0 Å². The fraction of sp³-hybridized carbons (Fsp3) is 0.333. The van der Waals surface area contributed by atoms with E-state index < -0.39 is 16.6 Å². The quantitative estimate of drug-likeness (QED) is 0.459. The molecule has 0 N–H and O–H groups in total. The van der Waals surface area contributed by atoms with Crippen LogP contribution in [0.2, 0.25) is 0 Å². The Balaban J connectivity index is 2.76.